The van der Waals surface area contributed by atoms with Crippen LogP contribution < -0.4 is 16.0 Å². The van der Waals surface area contributed by atoms with E-state index in [2.05, 4.69) is 31.4 Å². The Labute approximate surface area is 90.6 Å². The van der Waals surface area contributed by atoms with Crippen molar-refractivity contribution in [3.63, 3.8) is 0 Å². The van der Waals surface area contributed by atoms with E-state index in [0.29, 0.717) is 0 Å². The number of hydrazine groups is 1. The van der Waals surface area contributed by atoms with Crippen molar-refractivity contribution in [2.24, 2.45) is 5.84 Å². The molecule has 15 heavy (non-hydrogen) atoms. The van der Waals surface area contributed by atoms with E-state index in [-0.39, 0.29) is 6.04 Å². The van der Waals surface area contributed by atoms with E-state index < -0.39 is 0 Å². The fourth-order valence-corrected chi connectivity index (χ4v) is 2.20. The molecular weight excluding hydrogens is 188 g/mol. The minimum Gasteiger partial charge on any atom is -0.493 e. The highest BCUT2D eigenvalue weighted by molar-refractivity contribution is 5.47. The van der Waals surface area contributed by atoms with Crippen LogP contribution in [0.2, 0.25) is 0 Å². The lowest BCUT2D eigenvalue weighted by Crippen LogP contribution is -2.28. The van der Waals surface area contributed by atoms with Gasteiger partial charge >= 0.3 is 0 Å². The predicted molar refractivity (Wildman–Crippen MR) is 60.7 cm³/mol. The number of nitrogens with two attached hydrogens (primary N) is 1. The van der Waals surface area contributed by atoms with E-state index in [1.54, 1.807) is 0 Å². The Morgan fingerprint density at radius 2 is 2.07 bits per heavy atom. The van der Waals surface area contributed by atoms with Gasteiger partial charge in [-0.3, -0.25) is 11.3 Å². The van der Waals surface area contributed by atoms with Gasteiger partial charge in [0.1, 0.15) is 5.75 Å². The summed E-state index contributed by atoms with van der Waals surface area (Å²) in [4.78, 5) is 0. The lowest BCUT2D eigenvalue weighted by atomic mass is 9.96. The summed E-state index contributed by atoms with van der Waals surface area (Å²) in [6.07, 6.45) is 2.08. The Kier molecular flexibility index (Phi) is 2.93. The molecule has 1 atom stereocenters. The van der Waals surface area contributed by atoms with Crippen LogP contribution in [0.5, 0.6) is 5.75 Å². The van der Waals surface area contributed by atoms with Gasteiger partial charge in [-0.15, -0.1) is 0 Å². The zero-order valence-electron chi connectivity index (χ0n) is 9.34. The van der Waals surface area contributed by atoms with Gasteiger partial charge in [-0.1, -0.05) is 12.1 Å². The predicted octanol–water partition coefficient (Wildman–Crippen LogP) is 1.98. The summed E-state index contributed by atoms with van der Waals surface area (Å²) >= 11 is 0. The van der Waals surface area contributed by atoms with Crippen LogP contribution in [0, 0.1) is 13.8 Å². The smallest absolute Gasteiger partial charge is 0.127 e. The molecule has 1 aliphatic heterocycles. The molecule has 0 bridgehead atoms. The maximum absolute atomic E-state index is 5.80. The Morgan fingerprint density at radius 3 is 2.80 bits per heavy atom. The summed E-state index contributed by atoms with van der Waals surface area (Å²) in [7, 11) is 0. The average molecular weight is 206 g/mol. The molecule has 0 saturated heterocycles. The number of hydrogen-bond acceptors (Lipinski definition) is 3. The summed E-state index contributed by atoms with van der Waals surface area (Å²) < 4.78 is 5.80. The molecule has 0 radical (unpaired) electrons. The molecule has 0 spiro atoms. The molecule has 82 valence electrons. The van der Waals surface area contributed by atoms with E-state index >= 15 is 0 Å². The number of aryl methyl sites for hydroxylation is 2. The van der Waals surface area contributed by atoms with E-state index in [1.807, 2.05) is 0 Å². The maximum atomic E-state index is 5.80. The largest absolute Gasteiger partial charge is 0.493 e. The minimum absolute atomic E-state index is 0.224. The lowest BCUT2D eigenvalue weighted by molar-refractivity contribution is 0.313. The van der Waals surface area contributed by atoms with Crippen molar-refractivity contribution in [2.75, 3.05) is 6.61 Å². The molecule has 0 fully saturated rings. The molecule has 0 saturated carbocycles. The molecular formula is C12H18N2O. The molecule has 1 aromatic rings. The highest BCUT2D eigenvalue weighted by Gasteiger charge is 2.21. The summed E-state index contributed by atoms with van der Waals surface area (Å²) in [6.45, 7) is 4.98. The second kappa shape index (κ2) is 4.21. The average Bonchev–Trinajstić information content (AvgIpc) is 2.46. The quantitative estimate of drug-likeness (QED) is 0.545. The van der Waals surface area contributed by atoms with Gasteiger partial charge in [0.2, 0.25) is 0 Å². The fraction of sp³-hybridized carbons (Fsp3) is 0.500. The van der Waals surface area contributed by atoms with Crippen molar-refractivity contribution >= 4 is 0 Å². The number of ether oxygens (including phenoxy) is 1. The summed E-state index contributed by atoms with van der Waals surface area (Å²) in [5.74, 6) is 6.62. The van der Waals surface area contributed by atoms with E-state index in [4.69, 9.17) is 10.6 Å². The topological polar surface area (TPSA) is 47.3 Å². The van der Waals surface area contributed by atoms with Crippen LogP contribution in [0.25, 0.3) is 0 Å². The SMILES string of the molecule is Cc1ccc(C)c2c1OCCCC2NN. The molecule has 3 heteroatoms. The zero-order chi connectivity index (χ0) is 10.8. The van der Waals surface area contributed by atoms with Gasteiger partial charge in [0.05, 0.1) is 12.6 Å². The van der Waals surface area contributed by atoms with Gasteiger partial charge in [-0.05, 0) is 37.8 Å². The molecule has 3 nitrogen and oxygen atoms in total. The molecule has 0 amide bonds. The fourth-order valence-electron chi connectivity index (χ4n) is 2.20. The summed E-state index contributed by atoms with van der Waals surface area (Å²) in [5, 5.41) is 0. The van der Waals surface area contributed by atoms with Crippen LogP contribution in [-0.2, 0) is 0 Å². The second-order valence-electron chi connectivity index (χ2n) is 4.15. The highest BCUT2D eigenvalue weighted by Crippen LogP contribution is 2.35. The Bertz CT molecular complexity index is 363. The van der Waals surface area contributed by atoms with Gasteiger partial charge in [0.25, 0.3) is 0 Å². The first-order chi connectivity index (χ1) is 7.24. The van der Waals surface area contributed by atoms with E-state index in [1.165, 1.54) is 16.7 Å². The van der Waals surface area contributed by atoms with Crippen LogP contribution in [-0.4, -0.2) is 6.61 Å². The highest BCUT2D eigenvalue weighted by atomic mass is 16.5. The molecule has 1 unspecified atom stereocenters. The zero-order valence-corrected chi connectivity index (χ0v) is 9.34. The first-order valence-electron chi connectivity index (χ1n) is 5.43. The summed E-state index contributed by atoms with van der Waals surface area (Å²) in [6, 6.07) is 4.46. The molecule has 1 heterocycles. The van der Waals surface area contributed by atoms with Crippen molar-refractivity contribution in [1.82, 2.24) is 5.43 Å². The second-order valence-corrected chi connectivity index (χ2v) is 4.15. The van der Waals surface area contributed by atoms with Crippen LogP contribution in [0.4, 0.5) is 0 Å². The standard InChI is InChI=1S/C12H18N2O/c1-8-5-6-9(2)12-11(8)10(14-13)4-3-7-15-12/h5-6,10,14H,3-4,7,13H2,1-2H3. The van der Waals surface area contributed by atoms with Crippen molar-refractivity contribution in [1.29, 1.82) is 0 Å². The lowest BCUT2D eigenvalue weighted by Gasteiger charge is -2.19. The van der Waals surface area contributed by atoms with Gasteiger partial charge in [0, 0.05) is 5.56 Å². The third-order valence-electron chi connectivity index (χ3n) is 3.04. The number of rotatable bonds is 1. The van der Waals surface area contributed by atoms with Crippen LogP contribution >= 0.6 is 0 Å². The van der Waals surface area contributed by atoms with Crippen LogP contribution in [0.3, 0.4) is 0 Å². The van der Waals surface area contributed by atoms with Gasteiger partial charge in [0.15, 0.2) is 0 Å². The van der Waals surface area contributed by atoms with E-state index in [9.17, 15) is 0 Å². The Balaban J connectivity index is 2.54. The van der Waals surface area contributed by atoms with Crippen molar-refractivity contribution < 1.29 is 4.74 Å². The van der Waals surface area contributed by atoms with Crippen molar-refractivity contribution in [3.8, 4) is 5.75 Å². The minimum atomic E-state index is 0.224. The van der Waals surface area contributed by atoms with E-state index in [0.717, 1.165) is 25.2 Å². The Hall–Kier alpha value is -1.06. The molecule has 1 aromatic carbocycles. The molecule has 3 N–H and O–H groups in total. The molecule has 2 rings (SSSR count). The number of hydrogen-bond donors (Lipinski definition) is 2. The molecule has 1 aliphatic rings. The van der Waals surface area contributed by atoms with Crippen LogP contribution in [0.1, 0.15) is 35.6 Å². The molecule has 0 aliphatic carbocycles. The third-order valence-corrected chi connectivity index (χ3v) is 3.04. The monoisotopic (exact) mass is 206 g/mol. The Morgan fingerprint density at radius 1 is 1.33 bits per heavy atom. The first kappa shape index (κ1) is 10.5. The first-order valence-corrected chi connectivity index (χ1v) is 5.43. The normalized spacial score (nSPS) is 20.3. The van der Waals surface area contributed by atoms with Crippen LogP contribution in [0.15, 0.2) is 12.1 Å². The van der Waals surface area contributed by atoms with Gasteiger partial charge in [-0.2, -0.15) is 0 Å². The van der Waals surface area contributed by atoms with Crippen molar-refractivity contribution in [3.05, 3.63) is 28.8 Å². The maximum Gasteiger partial charge on any atom is 0.127 e. The summed E-state index contributed by atoms with van der Waals surface area (Å²) in [5.41, 5.74) is 6.56. The van der Waals surface area contributed by atoms with Gasteiger partial charge in [-0.25, -0.2) is 0 Å². The van der Waals surface area contributed by atoms with Crippen molar-refractivity contribution in [2.45, 2.75) is 32.7 Å². The number of nitrogens with one attached hydrogen (secondary N) is 1. The third kappa shape index (κ3) is 1.85. The number of benzene rings is 1. The number of fused-ring (bicyclic) bond motifs is 1. The molecule has 0 aromatic heterocycles. The van der Waals surface area contributed by atoms with Gasteiger partial charge < -0.3 is 4.74 Å².